The summed E-state index contributed by atoms with van der Waals surface area (Å²) in [7, 11) is -2.79. The Morgan fingerprint density at radius 2 is 1.61 bits per heavy atom. The molecule has 2 rings (SSSR count). The van der Waals surface area contributed by atoms with Crippen LogP contribution < -0.4 is 14.8 Å². The highest BCUT2D eigenvalue weighted by Gasteiger charge is 2.32. The zero-order valence-corrected chi connectivity index (χ0v) is 15.9. The minimum atomic E-state index is -4.24. The van der Waals surface area contributed by atoms with Crippen molar-refractivity contribution in [1.82, 2.24) is 4.72 Å². The Hall–Kier alpha value is -2.95. The molecule has 9 nitrogen and oxygen atoms in total. The van der Waals surface area contributed by atoms with Gasteiger partial charge in [0.25, 0.3) is 0 Å². The molecule has 150 valence electrons. The van der Waals surface area contributed by atoms with Crippen molar-refractivity contribution in [3.63, 3.8) is 0 Å². The quantitative estimate of drug-likeness (QED) is 0.513. The van der Waals surface area contributed by atoms with Crippen LogP contribution in [0.5, 0.6) is 5.75 Å². The molecule has 2 aromatic carbocycles. The van der Waals surface area contributed by atoms with E-state index in [0.29, 0.717) is 11.4 Å². The molecule has 2 aromatic rings. The lowest BCUT2D eigenvalue weighted by Crippen LogP contribution is -2.44. The third kappa shape index (κ3) is 5.28. The largest absolute Gasteiger partial charge is 0.497 e. The molecule has 0 saturated heterocycles. The fourth-order valence-corrected chi connectivity index (χ4v) is 3.59. The summed E-state index contributed by atoms with van der Waals surface area (Å²) < 4.78 is 32.0. The zero-order valence-electron chi connectivity index (χ0n) is 15.1. The van der Waals surface area contributed by atoms with Gasteiger partial charge < -0.3 is 20.3 Å². The van der Waals surface area contributed by atoms with Crippen LogP contribution in [0.25, 0.3) is 0 Å². The maximum absolute atomic E-state index is 12.5. The number of ether oxygens (including phenoxy) is 1. The van der Waals surface area contributed by atoms with E-state index in [0.717, 1.165) is 0 Å². The van der Waals surface area contributed by atoms with Gasteiger partial charge in [-0.2, -0.15) is 4.72 Å². The van der Waals surface area contributed by atoms with Crippen molar-refractivity contribution >= 4 is 27.6 Å². The molecule has 28 heavy (non-hydrogen) atoms. The van der Waals surface area contributed by atoms with Gasteiger partial charge in [-0.3, -0.25) is 9.59 Å². The minimum Gasteiger partial charge on any atom is -0.497 e. The fourth-order valence-electron chi connectivity index (χ4n) is 2.40. The maximum Gasteiger partial charge on any atom is 0.324 e. The van der Waals surface area contributed by atoms with Gasteiger partial charge in [-0.1, -0.05) is 12.1 Å². The van der Waals surface area contributed by atoms with Crippen LogP contribution >= 0.6 is 0 Å². The lowest BCUT2D eigenvalue weighted by atomic mass is 10.0. The predicted molar refractivity (Wildman–Crippen MR) is 100 cm³/mol. The molecule has 10 heteroatoms. The molecule has 0 aliphatic carbocycles. The van der Waals surface area contributed by atoms with Crippen molar-refractivity contribution in [3.05, 3.63) is 54.1 Å². The first kappa shape index (κ1) is 21.4. The van der Waals surface area contributed by atoms with Gasteiger partial charge in [-0.15, -0.1) is 0 Å². The van der Waals surface area contributed by atoms with Crippen LogP contribution in [0.2, 0.25) is 0 Å². The lowest BCUT2D eigenvalue weighted by Gasteiger charge is -2.21. The van der Waals surface area contributed by atoms with Crippen molar-refractivity contribution in [2.75, 3.05) is 12.4 Å². The number of carbonyl (C=O) groups excluding carboxylic acids is 1. The number of benzene rings is 2. The van der Waals surface area contributed by atoms with Crippen molar-refractivity contribution in [2.45, 2.75) is 24.0 Å². The monoisotopic (exact) mass is 408 g/mol. The summed E-state index contributed by atoms with van der Waals surface area (Å²) in [5, 5.41) is 22.3. The average Bonchev–Trinajstić information content (AvgIpc) is 2.65. The third-order valence-electron chi connectivity index (χ3n) is 3.81. The lowest BCUT2D eigenvalue weighted by molar-refractivity contribution is -0.142. The number of nitrogens with one attached hydrogen (secondary N) is 2. The highest BCUT2D eigenvalue weighted by atomic mass is 32.2. The van der Waals surface area contributed by atoms with E-state index in [2.05, 4.69) is 5.32 Å². The van der Waals surface area contributed by atoms with Gasteiger partial charge in [0, 0.05) is 12.6 Å². The molecule has 0 radical (unpaired) electrons. The van der Waals surface area contributed by atoms with E-state index in [9.17, 15) is 28.2 Å². The smallest absolute Gasteiger partial charge is 0.324 e. The number of carboxylic acids is 1. The number of aliphatic hydroxyl groups is 1. The highest BCUT2D eigenvalue weighted by molar-refractivity contribution is 7.89. The standard InChI is InChI=1S/C18H20N2O7S/c1-11(21)19-13-5-9-15(10-6-13)28(25,26)20-16(18(23)24)17(22)12-3-7-14(27-2)8-4-12/h3-10,16-17,20,22H,1-2H3,(H,19,21)(H,23,24). The SMILES string of the molecule is COc1ccc(C(O)C(NS(=O)(=O)c2ccc(NC(C)=O)cc2)C(=O)O)cc1. The van der Waals surface area contributed by atoms with Gasteiger partial charge in [-0.05, 0) is 42.0 Å². The minimum absolute atomic E-state index is 0.205. The van der Waals surface area contributed by atoms with Crippen LogP contribution in [0.4, 0.5) is 5.69 Å². The molecule has 1 amide bonds. The second kappa shape index (κ2) is 8.83. The van der Waals surface area contributed by atoms with E-state index in [-0.39, 0.29) is 16.4 Å². The summed E-state index contributed by atoms with van der Waals surface area (Å²) in [5.74, 6) is -1.35. The fraction of sp³-hybridized carbons (Fsp3) is 0.222. The highest BCUT2D eigenvalue weighted by Crippen LogP contribution is 2.22. The number of carboxylic acid groups (broad SMARTS) is 1. The molecule has 0 aromatic heterocycles. The van der Waals surface area contributed by atoms with Crippen LogP contribution in [-0.4, -0.2) is 43.7 Å². The summed E-state index contributed by atoms with van der Waals surface area (Å²) in [6.07, 6.45) is -1.63. The number of aliphatic hydroxyl groups excluding tert-OH is 1. The Labute approximate surface area is 162 Å². The van der Waals surface area contributed by atoms with Crippen LogP contribution in [-0.2, 0) is 19.6 Å². The van der Waals surface area contributed by atoms with E-state index < -0.39 is 28.1 Å². The van der Waals surface area contributed by atoms with Crippen molar-refractivity contribution in [2.24, 2.45) is 0 Å². The van der Waals surface area contributed by atoms with Crippen molar-refractivity contribution < 1.29 is 33.0 Å². The maximum atomic E-state index is 12.5. The number of hydrogen-bond donors (Lipinski definition) is 4. The molecular weight excluding hydrogens is 388 g/mol. The first-order chi connectivity index (χ1) is 13.1. The Bertz CT molecular complexity index is 941. The van der Waals surface area contributed by atoms with Crippen LogP contribution in [0, 0.1) is 0 Å². The molecule has 2 unspecified atom stereocenters. The van der Waals surface area contributed by atoms with Gasteiger partial charge in [0.1, 0.15) is 17.9 Å². The third-order valence-corrected chi connectivity index (χ3v) is 5.26. The number of methoxy groups -OCH3 is 1. The summed E-state index contributed by atoms with van der Waals surface area (Å²) in [6, 6.07) is 9.27. The Balaban J connectivity index is 2.23. The van der Waals surface area contributed by atoms with Gasteiger partial charge in [-0.25, -0.2) is 8.42 Å². The molecule has 0 saturated carbocycles. The Morgan fingerprint density at radius 1 is 1.04 bits per heavy atom. The average molecular weight is 408 g/mol. The topological polar surface area (TPSA) is 142 Å². The normalized spacial score (nSPS) is 13.4. The number of hydrogen-bond acceptors (Lipinski definition) is 6. The molecule has 0 fully saturated rings. The molecule has 0 bridgehead atoms. The van der Waals surface area contributed by atoms with Crippen molar-refractivity contribution in [1.29, 1.82) is 0 Å². The summed E-state index contributed by atoms with van der Waals surface area (Å²) in [6.45, 7) is 1.31. The van der Waals surface area contributed by atoms with E-state index in [1.165, 1.54) is 62.6 Å². The summed E-state index contributed by atoms with van der Waals surface area (Å²) in [5.41, 5.74) is 0.594. The summed E-state index contributed by atoms with van der Waals surface area (Å²) in [4.78, 5) is 22.4. The van der Waals surface area contributed by atoms with Crippen LogP contribution in [0.1, 0.15) is 18.6 Å². The number of sulfonamides is 1. The molecule has 0 heterocycles. The zero-order chi connectivity index (χ0) is 20.9. The number of amides is 1. The van der Waals surface area contributed by atoms with Gasteiger partial charge in [0.05, 0.1) is 12.0 Å². The van der Waals surface area contributed by atoms with E-state index >= 15 is 0 Å². The molecule has 0 spiro atoms. The predicted octanol–water partition coefficient (Wildman–Crippen LogP) is 1.12. The van der Waals surface area contributed by atoms with E-state index in [1.807, 2.05) is 4.72 Å². The molecule has 0 aliphatic heterocycles. The van der Waals surface area contributed by atoms with Crippen LogP contribution in [0.3, 0.4) is 0 Å². The van der Waals surface area contributed by atoms with E-state index in [4.69, 9.17) is 4.74 Å². The number of anilines is 1. The second-order valence-electron chi connectivity index (χ2n) is 5.86. The number of aliphatic carboxylic acids is 1. The molecular formula is C18H20N2O7S. The van der Waals surface area contributed by atoms with Gasteiger partial charge >= 0.3 is 5.97 Å². The first-order valence-electron chi connectivity index (χ1n) is 8.09. The number of rotatable bonds is 8. The van der Waals surface area contributed by atoms with Crippen molar-refractivity contribution in [3.8, 4) is 5.75 Å². The van der Waals surface area contributed by atoms with Gasteiger partial charge in [0.2, 0.25) is 15.9 Å². The Kier molecular flexibility index (Phi) is 6.73. The second-order valence-corrected chi connectivity index (χ2v) is 7.57. The van der Waals surface area contributed by atoms with Crippen LogP contribution in [0.15, 0.2) is 53.4 Å². The van der Waals surface area contributed by atoms with E-state index in [1.54, 1.807) is 0 Å². The molecule has 0 aliphatic rings. The Morgan fingerprint density at radius 3 is 2.07 bits per heavy atom. The molecule has 4 N–H and O–H groups in total. The molecule has 2 atom stereocenters. The number of carbonyl (C=O) groups is 2. The first-order valence-corrected chi connectivity index (χ1v) is 9.57. The summed E-state index contributed by atoms with van der Waals surface area (Å²) >= 11 is 0. The van der Waals surface area contributed by atoms with Gasteiger partial charge in [0.15, 0.2) is 0 Å².